The largest absolute Gasteiger partial charge is 0.444 e. The van der Waals surface area contributed by atoms with E-state index < -0.39 is 11.7 Å². The fraction of sp³-hybridized carbons (Fsp3) is 0.643. The maximum Gasteiger partial charge on any atom is 0.408 e. The van der Waals surface area contributed by atoms with E-state index in [9.17, 15) is 9.59 Å². The van der Waals surface area contributed by atoms with E-state index >= 15 is 0 Å². The van der Waals surface area contributed by atoms with Crippen molar-refractivity contribution in [2.24, 2.45) is 0 Å². The Morgan fingerprint density at radius 3 is 2.82 bits per heavy atom. The third-order valence-electron chi connectivity index (χ3n) is 2.96. The third-order valence-corrected chi connectivity index (χ3v) is 3.96. The van der Waals surface area contributed by atoms with Crippen LogP contribution in [0.3, 0.4) is 0 Å². The molecule has 0 saturated carbocycles. The zero-order valence-corrected chi connectivity index (χ0v) is 14.2. The summed E-state index contributed by atoms with van der Waals surface area (Å²) >= 11 is 1.48. The molecule has 0 aromatic carbocycles. The smallest absolute Gasteiger partial charge is 0.408 e. The Hall–Kier alpha value is -1.67. The quantitative estimate of drug-likeness (QED) is 0.881. The van der Waals surface area contributed by atoms with Crippen molar-refractivity contribution in [3.8, 4) is 0 Å². The molecule has 0 radical (unpaired) electrons. The number of alkyl carbamates (subject to hydrolysis) is 1. The molecule has 7 nitrogen and oxygen atoms in total. The molecular formula is C14H22N4O3S. The second-order valence-corrected chi connectivity index (χ2v) is 7.36. The third kappa shape index (κ3) is 4.96. The molecule has 0 bridgehead atoms. The summed E-state index contributed by atoms with van der Waals surface area (Å²) in [4.78, 5) is 31.1. The van der Waals surface area contributed by atoms with E-state index in [1.54, 1.807) is 20.8 Å². The predicted octanol–water partition coefficient (Wildman–Crippen LogP) is 1.59. The summed E-state index contributed by atoms with van der Waals surface area (Å²) in [6, 6.07) is 0. The zero-order valence-electron chi connectivity index (χ0n) is 13.4. The lowest BCUT2D eigenvalue weighted by atomic mass is 10.2. The highest BCUT2D eigenvalue weighted by molar-refractivity contribution is 7.15. The van der Waals surface area contributed by atoms with Crippen molar-refractivity contribution in [1.29, 1.82) is 0 Å². The zero-order chi connectivity index (χ0) is 16.3. The minimum Gasteiger partial charge on any atom is -0.444 e. The highest BCUT2D eigenvalue weighted by Gasteiger charge is 2.20. The molecule has 2 amide bonds. The number of hydrogen-bond acceptors (Lipinski definition) is 6. The van der Waals surface area contributed by atoms with Crippen LogP contribution in [0.15, 0.2) is 0 Å². The summed E-state index contributed by atoms with van der Waals surface area (Å²) in [5, 5.41) is 5.72. The van der Waals surface area contributed by atoms with Crippen LogP contribution in [0.25, 0.3) is 0 Å². The van der Waals surface area contributed by atoms with Gasteiger partial charge in [0.05, 0.1) is 5.69 Å². The van der Waals surface area contributed by atoms with E-state index in [-0.39, 0.29) is 12.5 Å². The molecule has 0 atom stereocenters. The van der Waals surface area contributed by atoms with Gasteiger partial charge in [0.15, 0.2) is 5.13 Å². The molecule has 1 aromatic heterocycles. The van der Waals surface area contributed by atoms with Gasteiger partial charge in [-0.1, -0.05) is 0 Å². The summed E-state index contributed by atoms with van der Waals surface area (Å²) in [6.07, 6.45) is 0.289. The number of likely N-dealkylation sites (N-methyl/N-ethyl adjacent to an activating group) is 1. The van der Waals surface area contributed by atoms with Crippen molar-refractivity contribution in [2.45, 2.75) is 39.3 Å². The van der Waals surface area contributed by atoms with Crippen molar-refractivity contribution in [3.05, 3.63) is 10.6 Å². The highest BCUT2D eigenvalue weighted by atomic mass is 32.1. The van der Waals surface area contributed by atoms with Crippen molar-refractivity contribution in [1.82, 2.24) is 15.2 Å². The number of ether oxygens (including phenoxy) is 1. The standard InChI is InChI=1S/C14H22N4O3S/c1-14(2,3)21-13(20)15-7-11(19)17-12-16-9-5-6-18(4)8-10(9)22-12/h5-8H2,1-4H3,(H,15,20)(H,16,17,19). The number of hydrogen-bond donors (Lipinski definition) is 2. The van der Waals surface area contributed by atoms with E-state index in [0.29, 0.717) is 5.13 Å². The minimum absolute atomic E-state index is 0.140. The van der Waals surface area contributed by atoms with E-state index in [1.807, 2.05) is 0 Å². The molecule has 0 saturated heterocycles. The van der Waals surface area contributed by atoms with Gasteiger partial charge in [-0.25, -0.2) is 9.78 Å². The van der Waals surface area contributed by atoms with E-state index in [1.165, 1.54) is 16.2 Å². The van der Waals surface area contributed by atoms with Crippen LogP contribution < -0.4 is 10.6 Å². The molecule has 0 spiro atoms. The van der Waals surface area contributed by atoms with E-state index in [0.717, 1.165) is 25.2 Å². The van der Waals surface area contributed by atoms with Crippen molar-refractivity contribution >= 4 is 28.5 Å². The minimum atomic E-state index is -0.609. The molecule has 0 aliphatic carbocycles. The van der Waals surface area contributed by atoms with Gasteiger partial charge in [-0.2, -0.15) is 0 Å². The van der Waals surface area contributed by atoms with Gasteiger partial charge in [0.2, 0.25) is 5.91 Å². The van der Waals surface area contributed by atoms with Crippen molar-refractivity contribution < 1.29 is 14.3 Å². The van der Waals surface area contributed by atoms with Crippen LogP contribution in [0.5, 0.6) is 0 Å². The lowest BCUT2D eigenvalue weighted by molar-refractivity contribution is -0.115. The Bertz CT molecular complexity index is 565. The van der Waals surface area contributed by atoms with Crippen LogP contribution in [-0.2, 0) is 22.5 Å². The van der Waals surface area contributed by atoms with Gasteiger partial charge < -0.3 is 20.3 Å². The number of carbonyl (C=O) groups excluding carboxylic acids is 2. The van der Waals surface area contributed by atoms with Gasteiger partial charge in [-0.15, -0.1) is 11.3 Å². The molecule has 1 aliphatic heterocycles. The number of aromatic nitrogens is 1. The molecule has 8 heteroatoms. The summed E-state index contributed by atoms with van der Waals surface area (Å²) < 4.78 is 5.07. The highest BCUT2D eigenvalue weighted by Crippen LogP contribution is 2.27. The number of rotatable bonds is 3. The lowest BCUT2D eigenvalue weighted by Gasteiger charge is -2.20. The normalized spacial score (nSPS) is 15.1. The van der Waals surface area contributed by atoms with Crippen LogP contribution in [0.4, 0.5) is 9.93 Å². The Morgan fingerprint density at radius 1 is 1.41 bits per heavy atom. The number of anilines is 1. The van der Waals surface area contributed by atoms with Crippen LogP contribution >= 0.6 is 11.3 Å². The number of nitrogens with zero attached hydrogens (tertiary/aromatic N) is 2. The first-order valence-electron chi connectivity index (χ1n) is 7.17. The Labute approximate surface area is 134 Å². The maximum atomic E-state index is 11.8. The van der Waals surface area contributed by atoms with Crippen molar-refractivity contribution in [3.63, 3.8) is 0 Å². The van der Waals surface area contributed by atoms with Gasteiger partial charge in [-0.3, -0.25) is 4.79 Å². The monoisotopic (exact) mass is 326 g/mol. The van der Waals surface area contributed by atoms with Gasteiger partial charge in [0.25, 0.3) is 0 Å². The first kappa shape index (κ1) is 16.7. The van der Waals surface area contributed by atoms with Crippen LogP contribution in [0.1, 0.15) is 31.3 Å². The van der Waals surface area contributed by atoms with Gasteiger partial charge in [-0.05, 0) is 27.8 Å². The molecule has 1 aromatic rings. The molecular weight excluding hydrogens is 304 g/mol. The first-order chi connectivity index (χ1) is 10.2. The number of nitrogens with one attached hydrogen (secondary N) is 2. The van der Waals surface area contributed by atoms with Crippen LogP contribution in [-0.4, -0.2) is 47.6 Å². The lowest BCUT2D eigenvalue weighted by Crippen LogP contribution is -2.37. The van der Waals surface area contributed by atoms with Gasteiger partial charge >= 0.3 is 6.09 Å². The van der Waals surface area contributed by atoms with Crippen LogP contribution in [0, 0.1) is 0 Å². The van der Waals surface area contributed by atoms with Crippen molar-refractivity contribution in [2.75, 3.05) is 25.5 Å². The topological polar surface area (TPSA) is 83.6 Å². The number of amides is 2. The molecule has 0 unspecified atom stereocenters. The Balaban J connectivity index is 1.81. The Morgan fingerprint density at radius 2 is 2.14 bits per heavy atom. The predicted molar refractivity (Wildman–Crippen MR) is 85.0 cm³/mol. The van der Waals surface area contributed by atoms with E-state index in [4.69, 9.17) is 4.74 Å². The molecule has 1 aliphatic rings. The fourth-order valence-electron chi connectivity index (χ4n) is 2.01. The van der Waals surface area contributed by atoms with E-state index in [2.05, 4.69) is 27.6 Å². The molecule has 122 valence electrons. The number of thiazole rings is 1. The van der Waals surface area contributed by atoms with Gasteiger partial charge in [0.1, 0.15) is 12.1 Å². The second kappa shape index (κ2) is 6.62. The molecule has 2 heterocycles. The molecule has 22 heavy (non-hydrogen) atoms. The summed E-state index contributed by atoms with van der Waals surface area (Å²) in [5.74, 6) is -0.315. The fourth-order valence-corrected chi connectivity index (χ4v) is 3.11. The molecule has 0 fully saturated rings. The maximum absolute atomic E-state index is 11.8. The number of fused-ring (bicyclic) bond motifs is 1. The Kier molecular flexibility index (Phi) is 5.02. The average Bonchev–Trinajstić information content (AvgIpc) is 2.75. The average molecular weight is 326 g/mol. The van der Waals surface area contributed by atoms with Crippen LogP contribution in [0.2, 0.25) is 0 Å². The summed E-state index contributed by atoms with van der Waals surface area (Å²) in [5.41, 5.74) is 0.472. The second-order valence-electron chi connectivity index (χ2n) is 6.28. The van der Waals surface area contributed by atoms with Gasteiger partial charge in [0, 0.05) is 24.4 Å². The summed E-state index contributed by atoms with van der Waals surface area (Å²) in [6.45, 7) is 7.00. The molecule has 2 N–H and O–H groups in total. The number of carbonyl (C=O) groups is 2. The first-order valence-corrected chi connectivity index (χ1v) is 7.98. The molecule has 2 rings (SSSR count). The SMILES string of the molecule is CN1CCc2nc(NC(=O)CNC(=O)OC(C)(C)C)sc2C1. The summed E-state index contributed by atoms with van der Waals surface area (Å²) in [7, 11) is 2.06.